The Hall–Kier alpha value is -2.55. The Balaban J connectivity index is 1.29. The number of nitrogens with zero attached hydrogens (tertiary/aromatic N) is 1. The Morgan fingerprint density at radius 1 is 1.09 bits per heavy atom. The summed E-state index contributed by atoms with van der Waals surface area (Å²) in [6.45, 7) is 0. The molecule has 0 bridgehead atoms. The number of nitrogens with one attached hydrogen (secondary N) is 2. The number of hydrogen-bond donors (Lipinski definition) is 2. The minimum atomic E-state index is -0.537. The molecule has 4 rings (SSSR count). The Labute approximate surface area is 212 Å². The summed E-state index contributed by atoms with van der Waals surface area (Å²) in [7, 11) is 1.60. The van der Waals surface area contributed by atoms with Crippen LogP contribution in [0.2, 0.25) is 5.02 Å². The van der Waals surface area contributed by atoms with E-state index in [1.807, 2.05) is 29.6 Å². The fourth-order valence-electron chi connectivity index (χ4n) is 4.16. The van der Waals surface area contributed by atoms with E-state index >= 15 is 0 Å². The summed E-state index contributed by atoms with van der Waals surface area (Å²) in [6.07, 6.45) is 3.68. The zero-order valence-corrected chi connectivity index (χ0v) is 21.2. The summed E-state index contributed by atoms with van der Waals surface area (Å²) < 4.78 is 5.12. The number of carbonyl (C=O) groups excluding carboxylic acids is 2. The van der Waals surface area contributed by atoms with Crippen molar-refractivity contribution in [2.45, 2.75) is 36.9 Å². The summed E-state index contributed by atoms with van der Waals surface area (Å²) in [6, 6.07) is 14.8. The lowest BCUT2D eigenvalue weighted by molar-refractivity contribution is -0.121. The molecular formula is C25H26ClN3O3S2. The van der Waals surface area contributed by atoms with E-state index in [-0.39, 0.29) is 11.8 Å². The second-order valence-corrected chi connectivity index (χ2v) is 10.4. The van der Waals surface area contributed by atoms with Gasteiger partial charge < -0.3 is 15.4 Å². The van der Waals surface area contributed by atoms with Crippen molar-refractivity contribution >= 4 is 57.3 Å². The third-order valence-corrected chi connectivity index (χ3v) is 7.94. The zero-order chi connectivity index (χ0) is 24.0. The van der Waals surface area contributed by atoms with E-state index in [1.165, 1.54) is 23.1 Å². The van der Waals surface area contributed by atoms with Crippen LogP contribution in [0.15, 0.2) is 53.9 Å². The van der Waals surface area contributed by atoms with Crippen LogP contribution in [0.5, 0.6) is 5.75 Å². The van der Waals surface area contributed by atoms with Gasteiger partial charge in [-0.25, -0.2) is 4.98 Å². The van der Waals surface area contributed by atoms with Crippen LogP contribution in [-0.4, -0.2) is 29.7 Å². The smallest absolute Gasteiger partial charge is 0.236 e. The van der Waals surface area contributed by atoms with Gasteiger partial charge in [-0.2, -0.15) is 0 Å². The first-order valence-electron chi connectivity index (χ1n) is 11.0. The monoisotopic (exact) mass is 515 g/mol. The van der Waals surface area contributed by atoms with E-state index in [9.17, 15) is 9.59 Å². The molecular weight excluding hydrogens is 490 g/mol. The lowest BCUT2D eigenvalue weighted by Gasteiger charge is -2.27. The van der Waals surface area contributed by atoms with Crippen LogP contribution >= 0.6 is 34.7 Å². The number of amides is 2. The lowest BCUT2D eigenvalue weighted by Crippen LogP contribution is -2.37. The van der Waals surface area contributed by atoms with E-state index < -0.39 is 5.41 Å². The fraction of sp³-hybridized carbons (Fsp3) is 0.320. The van der Waals surface area contributed by atoms with E-state index in [0.29, 0.717) is 21.7 Å². The van der Waals surface area contributed by atoms with Crippen molar-refractivity contribution in [2.24, 2.45) is 0 Å². The predicted octanol–water partition coefficient (Wildman–Crippen LogP) is 6.13. The molecule has 1 aromatic heterocycles. The summed E-state index contributed by atoms with van der Waals surface area (Å²) in [5.74, 6) is 1.55. The van der Waals surface area contributed by atoms with Gasteiger partial charge >= 0.3 is 0 Å². The molecule has 2 N–H and O–H groups in total. The standard InChI is InChI=1S/C25H26ClN3O3S2/c1-32-21-10-8-19(9-11-21)27-22(30)16-33-14-20-15-34-24(28-20)29-23(31)25(12-2-3-13-25)17-4-6-18(26)7-5-17/h4-11,15H,2-3,12-14,16H2,1H3,(H,27,30)(H,28,29,31). The van der Waals surface area contributed by atoms with Crippen LogP contribution in [0, 0.1) is 0 Å². The van der Waals surface area contributed by atoms with Crippen LogP contribution in [-0.2, 0) is 20.8 Å². The molecule has 1 aliphatic carbocycles. The highest BCUT2D eigenvalue weighted by Crippen LogP contribution is 2.42. The molecule has 1 fully saturated rings. The van der Waals surface area contributed by atoms with Gasteiger partial charge in [-0.05, 0) is 54.8 Å². The molecule has 3 aromatic rings. The van der Waals surface area contributed by atoms with Gasteiger partial charge in [0.05, 0.1) is 24.0 Å². The van der Waals surface area contributed by atoms with Crippen molar-refractivity contribution in [3.05, 3.63) is 70.2 Å². The topological polar surface area (TPSA) is 80.3 Å². The fourth-order valence-corrected chi connectivity index (χ4v) is 5.81. The molecule has 1 saturated carbocycles. The molecule has 0 radical (unpaired) electrons. The van der Waals surface area contributed by atoms with Gasteiger partial charge in [0, 0.05) is 21.8 Å². The van der Waals surface area contributed by atoms with Gasteiger partial charge in [0.2, 0.25) is 11.8 Å². The van der Waals surface area contributed by atoms with Crippen molar-refractivity contribution in [1.82, 2.24) is 4.98 Å². The van der Waals surface area contributed by atoms with E-state index in [4.69, 9.17) is 16.3 Å². The van der Waals surface area contributed by atoms with Crippen LogP contribution < -0.4 is 15.4 Å². The number of methoxy groups -OCH3 is 1. The Kier molecular flexibility index (Phi) is 8.13. The quantitative estimate of drug-likeness (QED) is 0.358. The number of hydrogen-bond acceptors (Lipinski definition) is 6. The van der Waals surface area contributed by atoms with E-state index in [1.54, 1.807) is 31.4 Å². The highest BCUT2D eigenvalue weighted by atomic mass is 35.5. The minimum absolute atomic E-state index is 0.0141. The highest BCUT2D eigenvalue weighted by Gasteiger charge is 2.42. The number of ether oxygens (including phenoxy) is 1. The maximum atomic E-state index is 13.3. The lowest BCUT2D eigenvalue weighted by atomic mass is 9.78. The average molecular weight is 516 g/mol. The number of anilines is 2. The molecule has 6 nitrogen and oxygen atoms in total. The molecule has 0 spiro atoms. The molecule has 2 amide bonds. The first kappa shape index (κ1) is 24.6. The van der Waals surface area contributed by atoms with Crippen molar-refractivity contribution in [3.8, 4) is 5.75 Å². The largest absolute Gasteiger partial charge is 0.497 e. The molecule has 0 saturated heterocycles. The van der Waals surface area contributed by atoms with Gasteiger partial charge in [0.25, 0.3) is 0 Å². The Bertz CT molecular complexity index is 1130. The van der Waals surface area contributed by atoms with Crippen LogP contribution in [0.25, 0.3) is 0 Å². The highest BCUT2D eigenvalue weighted by molar-refractivity contribution is 7.99. The van der Waals surface area contributed by atoms with Crippen LogP contribution in [0.3, 0.4) is 0 Å². The van der Waals surface area contributed by atoms with Gasteiger partial charge in [-0.15, -0.1) is 23.1 Å². The number of aromatic nitrogens is 1. The number of halogens is 1. The van der Waals surface area contributed by atoms with Crippen LogP contribution in [0.4, 0.5) is 10.8 Å². The molecule has 34 heavy (non-hydrogen) atoms. The molecule has 1 aliphatic rings. The van der Waals surface area contributed by atoms with Gasteiger partial charge in [-0.1, -0.05) is 36.6 Å². The zero-order valence-electron chi connectivity index (χ0n) is 18.8. The second-order valence-electron chi connectivity index (χ2n) is 8.16. The van der Waals surface area contributed by atoms with Crippen molar-refractivity contribution in [1.29, 1.82) is 0 Å². The number of carbonyl (C=O) groups is 2. The summed E-state index contributed by atoms with van der Waals surface area (Å²) in [5, 5.41) is 9.08. The maximum Gasteiger partial charge on any atom is 0.236 e. The van der Waals surface area contributed by atoms with Crippen molar-refractivity contribution < 1.29 is 14.3 Å². The van der Waals surface area contributed by atoms with Gasteiger partial charge in [-0.3, -0.25) is 9.59 Å². The van der Waals surface area contributed by atoms with Gasteiger partial charge in [0.15, 0.2) is 5.13 Å². The van der Waals surface area contributed by atoms with Crippen LogP contribution in [0.1, 0.15) is 36.9 Å². The third kappa shape index (κ3) is 5.92. The molecule has 0 atom stereocenters. The normalized spacial score (nSPS) is 14.5. The first-order valence-corrected chi connectivity index (χ1v) is 13.4. The summed E-state index contributed by atoms with van der Waals surface area (Å²) in [4.78, 5) is 30.1. The molecule has 178 valence electrons. The molecule has 0 unspecified atom stereocenters. The van der Waals surface area contributed by atoms with Gasteiger partial charge in [0.1, 0.15) is 5.75 Å². The summed E-state index contributed by atoms with van der Waals surface area (Å²) >= 11 is 8.93. The summed E-state index contributed by atoms with van der Waals surface area (Å²) in [5.41, 5.74) is 2.04. The predicted molar refractivity (Wildman–Crippen MR) is 140 cm³/mol. The molecule has 1 heterocycles. The number of rotatable bonds is 9. The number of thioether (sulfide) groups is 1. The number of thiazole rings is 1. The molecule has 9 heteroatoms. The maximum absolute atomic E-state index is 13.3. The Morgan fingerprint density at radius 2 is 1.79 bits per heavy atom. The SMILES string of the molecule is COc1ccc(NC(=O)CSCc2csc(NC(=O)C3(c4ccc(Cl)cc4)CCCC3)n2)cc1. The molecule has 0 aliphatic heterocycles. The Morgan fingerprint density at radius 3 is 2.47 bits per heavy atom. The van der Waals surface area contributed by atoms with E-state index in [0.717, 1.165) is 48.4 Å². The molecule has 2 aromatic carbocycles. The minimum Gasteiger partial charge on any atom is -0.497 e. The number of benzene rings is 2. The first-order chi connectivity index (χ1) is 16.5. The van der Waals surface area contributed by atoms with E-state index in [2.05, 4.69) is 15.6 Å². The van der Waals surface area contributed by atoms with Crippen molar-refractivity contribution in [3.63, 3.8) is 0 Å². The second kappa shape index (κ2) is 11.3. The van der Waals surface area contributed by atoms with Crippen molar-refractivity contribution in [2.75, 3.05) is 23.5 Å². The third-order valence-electron chi connectivity index (χ3n) is 5.92. The average Bonchev–Trinajstić information content (AvgIpc) is 3.51.